The van der Waals surface area contributed by atoms with Gasteiger partial charge in [0.1, 0.15) is 0 Å². The van der Waals surface area contributed by atoms with E-state index in [9.17, 15) is 4.79 Å². The van der Waals surface area contributed by atoms with Crippen LogP contribution in [0.25, 0.3) is 0 Å². The van der Waals surface area contributed by atoms with Crippen LogP contribution in [0.3, 0.4) is 0 Å². The number of thiazole rings is 1. The maximum Gasteiger partial charge on any atom is 0.321 e. The summed E-state index contributed by atoms with van der Waals surface area (Å²) >= 11 is 1.42. The number of aromatic nitrogens is 2. The number of nitrogens with one attached hydrogen (secondary N) is 2. The molecule has 2 heterocycles. The summed E-state index contributed by atoms with van der Waals surface area (Å²) in [6.45, 7) is 2.42. The number of anilines is 1. The number of hydrogen-bond donors (Lipinski definition) is 2. The summed E-state index contributed by atoms with van der Waals surface area (Å²) < 4.78 is 4.97. The zero-order chi connectivity index (χ0) is 14.4. The number of hydrogen-bond acceptors (Lipinski definition) is 5. The fourth-order valence-corrected chi connectivity index (χ4v) is 2.28. The summed E-state index contributed by atoms with van der Waals surface area (Å²) in [5.74, 6) is 0.549. The molecule has 0 unspecified atom stereocenters. The normalized spacial score (nSPS) is 10.1. The molecule has 2 aromatic heterocycles. The molecule has 7 heteroatoms. The predicted octanol–water partition coefficient (Wildman–Crippen LogP) is 2.43. The second-order valence-corrected chi connectivity index (χ2v) is 4.87. The average molecular weight is 292 g/mol. The van der Waals surface area contributed by atoms with Crippen molar-refractivity contribution in [3.63, 3.8) is 0 Å². The Morgan fingerprint density at radius 3 is 2.90 bits per heavy atom. The molecule has 2 N–H and O–H groups in total. The number of rotatable bonds is 5. The largest absolute Gasteiger partial charge is 0.481 e. The van der Waals surface area contributed by atoms with E-state index in [-0.39, 0.29) is 6.03 Å². The summed E-state index contributed by atoms with van der Waals surface area (Å²) in [6.07, 6.45) is 2.52. The number of urea groups is 1. The van der Waals surface area contributed by atoms with Crippen LogP contribution in [0.2, 0.25) is 0 Å². The van der Waals surface area contributed by atoms with Crippen molar-refractivity contribution >= 4 is 22.5 Å². The zero-order valence-electron chi connectivity index (χ0n) is 11.3. The number of carbonyl (C=O) groups excluding carboxylic acids is 1. The Morgan fingerprint density at radius 1 is 1.45 bits per heavy atom. The van der Waals surface area contributed by atoms with E-state index in [4.69, 9.17) is 4.74 Å². The molecule has 0 atom stereocenters. The van der Waals surface area contributed by atoms with Gasteiger partial charge in [0.25, 0.3) is 0 Å². The molecule has 0 spiro atoms. The van der Waals surface area contributed by atoms with E-state index in [2.05, 4.69) is 20.6 Å². The zero-order valence-corrected chi connectivity index (χ0v) is 12.2. The lowest BCUT2D eigenvalue weighted by atomic mass is 10.3. The minimum absolute atomic E-state index is 0.280. The lowest BCUT2D eigenvalue weighted by molar-refractivity contribution is 0.251. The highest BCUT2D eigenvalue weighted by Crippen LogP contribution is 2.15. The van der Waals surface area contributed by atoms with Gasteiger partial charge in [-0.05, 0) is 12.0 Å². The molecule has 2 amide bonds. The lowest BCUT2D eigenvalue weighted by Gasteiger charge is -2.05. The van der Waals surface area contributed by atoms with E-state index in [0.717, 1.165) is 17.7 Å². The third-order valence-corrected chi connectivity index (χ3v) is 3.40. The summed E-state index contributed by atoms with van der Waals surface area (Å²) in [5.41, 5.74) is 1.87. The minimum atomic E-state index is -0.280. The van der Waals surface area contributed by atoms with Gasteiger partial charge in [0.2, 0.25) is 5.88 Å². The molecule has 2 aromatic rings. The Bertz CT molecular complexity index is 568. The van der Waals surface area contributed by atoms with Crippen molar-refractivity contribution in [3.05, 3.63) is 35.0 Å². The fraction of sp³-hybridized carbons (Fsp3) is 0.308. The second kappa shape index (κ2) is 6.85. The Balaban J connectivity index is 1.82. The first kappa shape index (κ1) is 14.3. The van der Waals surface area contributed by atoms with Gasteiger partial charge in [-0.3, -0.25) is 5.32 Å². The number of aryl methyl sites for hydroxylation is 1. The molecular formula is C13H16N4O2S. The smallest absolute Gasteiger partial charge is 0.321 e. The lowest BCUT2D eigenvalue weighted by Crippen LogP contribution is -2.28. The molecule has 6 nitrogen and oxygen atoms in total. The van der Waals surface area contributed by atoms with Gasteiger partial charge in [-0.2, -0.15) is 0 Å². The van der Waals surface area contributed by atoms with E-state index >= 15 is 0 Å². The highest BCUT2D eigenvalue weighted by Gasteiger charge is 2.05. The summed E-state index contributed by atoms with van der Waals surface area (Å²) in [7, 11) is 1.56. The van der Waals surface area contributed by atoms with Gasteiger partial charge in [-0.1, -0.05) is 13.0 Å². The van der Waals surface area contributed by atoms with E-state index in [1.807, 2.05) is 18.4 Å². The van der Waals surface area contributed by atoms with Crippen LogP contribution in [-0.4, -0.2) is 23.1 Å². The van der Waals surface area contributed by atoms with Crippen LogP contribution in [-0.2, 0) is 13.0 Å². The maximum atomic E-state index is 11.7. The third-order valence-electron chi connectivity index (χ3n) is 2.59. The van der Waals surface area contributed by atoms with Gasteiger partial charge in [0, 0.05) is 24.2 Å². The van der Waals surface area contributed by atoms with Crippen LogP contribution in [0.1, 0.15) is 18.2 Å². The molecule has 0 saturated carbocycles. The Hall–Kier alpha value is -2.15. The van der Waals surface area contributed by atoms with Crippen molar-refractivity contribution in [1.82, 2.24) is 15.3 Å². The van der Waals surface area contributed by atoms with Crippen LogP contribution in [0.4, 0.5) is 9.93 Å². The first-order valence-electron chi connectivity index (χ1n) is 6.19. The molecule has 0 saturated heterocycles. The number of carbonyl (C=O) groups is 1. The first-order chi connectivity index (χ1) is 9.71. The molecule has 0 aliphatic rings. The summed E-state index contributed by atoms with van der Waals surface area (Å²) in [5, 5.41) is 7.99. The molecular weight excluding hydrogens is 276 g/mol. The fourth-order valence-electron chi connectivity index (χ4n) is 1.49. The first-order valence-corrected chi connectivity index (χ1v) is 7.07. The van der Waals surface area contributed by atoms with Crippen LogP contribution in [0, 0.1) is 0 Å². The van der Waals surface area contributed by atoms with Crippen LogP contribution in [0.5, 0.6) is 5.88 Å². The van der Waals surface area contributed by atoms with E-state index < -0.39 is 0 Å². The Labute approximate surface area is 121 Å². The van der Waals surface area contributed by atoms with Crippen molar-refractivity contribution in [2.75, 3.05) is 12.4 Å². The molecule has 0 aromatic carbocycles. The molecule has 2 rings (SSSR count). The molecule has 0 fully saturated rings. The van der Waals surface area contributed by atoms with Crippen LogP contribution >= 0.6 is 11.3 Å². The van der Waals surface area contributed by atoms with Gasteiger partial charge in [0.05, 0.1) is 12.8 Å². The second-order valence-electron chi connectivity index (χ2n) is 4.01. The van der Waals surface area contributed by atoms with Crippen LogP contribution < -0.4 is 15.4 Å². The predicted molar refractivity (Wildman–Crippen MR) is 78.1 cm³/mol. The SMILES string of the molecule is CCc1csc(NC(=O)NCc2ccc(OC)nc2)n1. The molecule has 0 aliphatic carbocycles. The van der Waals surface area contributed by atoms with Gasteiger partial charge < -0.3 is 10.1 Å². The quantitative estimate of drug-likeness (QED) is 0.887. The Kier molecular flexibility index (Phi) is 4.89. The summed E-state index contributed by atoms with van der Waals surface area (Å²) in [4.78, 5) is 20.0. The molecule has 0 aliphatic heterocycles. The van der Waals surface area contributed by atoms with Crippen LogP contribution in [0.15, 0.2) is 23.7 Å². The number of nitrogens with zero attached hydrogens (tertiary/aromatic N) is 2. The highest BCUT2D eigenvalue weighted by molar-refractivity contribution is 7.13. The maximum absolute atomic E-state index is 11.7. The highest BCUT2D eigenvalue weighted by atomic mass is 32.1. The van der Waals surface area contributed by atoms with Gasteiger partial charge in [-0.25, -0.2) is 14.8 Å². The van der Waals surface area contributed by atoms with Crippen molar-refractivity contribution in [2.45, 2.75) is 19.9 Å². The number of amides is 2. The topological polar surface area (TPSA) is 76.1 Å². The van der Waals surface area contributed by atoms with E-state index in [1.54, 1.807) is 19.4 Å². The average Bonchev–Trinajstić information content (AvgIpc) is 2.93. The third kappa shape index (κ3) is 3.92. The number of methoxy groups -OCH3 is 1. The van der Waals surface area contributed by atoms with Crippen molar-refractivity contribution < 1.29 is 9.53 Å². The molecule has 106 valence electrons. The standard InChI is InChI=1S/C13H16N4O2S/c1-3-10-8-20-13(16-10)17-12(18)15-7-9-4-5-11(19-2)14-6-9/h4-6,8H,3,7H2,1-2H3,(H2,15,16,17,18). The summed E-state index contributed by atoms with van der Waals surface area (Å²) in [6, 6.07) is 3.33. The monoisotopic (exact) mass is 292 g/mol. The van der Waals surface area contributed by atoms with E-state index in [1.165, 1.54) is 11.3 Å². The van der Waals surface area contributed by atoms with Crippen molar-refractivity contribution in [2.24, 2.45) is 0 Å². The van der Waals surface area contributed by atoms with Gasteiger partial charge in [0.15, 0.2) is 5.13 Å². The number of pyridine rings is 1. The number of ether oxygens (including phenoxy) is 1. The van der Waals surface area contributed by atoms with Gasteiger partial charge >= 0.3 is 6.03 Å². The van der Waals surface area contributed by atoms with Crippen molar-refractivity contribution in [1.29, 1.82) is 0 Å². The van der Waals surface area contributed by atoms with Gasteiger partial charge in [-0.15, -0.1) is 11.3 Å². The van der Waals surface area contributed by atoms with Crippen molar-refractivity contribution in [3.8, 4) is 5.88 Å². The Morgan fingerprint density at radius 2 is 2.30 bits per heavy atom. The molecule has 20 heavy (non-hydrogen) atoms. The van der Waals surface area contributed by atoms with E-state index in [0.29, 0.717) is 17.6 Å². The molecule has 0 radical (unpaired) electrons. The molecule has 0 bridgehead atoms. The minimum Gasteiger partial charge on any atom is -0.481 e.